The molecule has 8 heteroatoms. The molecule has 1 unspecified atom stereocenters. The van der Waals surface area contributed by atoms with Crippen molar-refractivity contribution in [3.63, 3.8) is 0 Å². The van der Waals surface area contributed by atoms with Crippen molar-refractivity contribution in [2.24, 2.45) is 0 Å². The molecule has 0 bridgehead atoms. The lowest BCUT2D eigenvalue weighted by molar-refractivity contribution is -0.139. The van der Waals surface area contributed by atoms with Gasteiger partial charge in [-0.2, -0.15) is 18.3 Å². The van der Waals surface area contributed by atoms with Crippen molar-refractivity contribution in [3.05, 3.63) is 48.3 Å². The van der Waals surface area contributed by atoms with Gasteiger partial charge in [0, 0.05) is 18.3 Å². The average molecular weight is 340 g/mol. The minimum Gasteiger partial charge on any atom is -0.331 e. The summed E-state index contributed by atoms with van der Waals surface area (Å²) in [5.41, 5.74) is 1.56. The number of amides is 2. The second-order valence-electron chi connectivity index (χ2n) is 5.35. The van der Waals surface area contributed by atoms with Crippen molar-refractivity contribution in [1.82, 2.24) is 20.0 Å². The van der Waals surface area contributed by atoms with Gasteiger partial charge in [0.25, 0.3) is 0 Å². The molecule has 2 amide bonds. The highest BCUT2D eigenvalue weighted by Crippen LogP contribution is 2.18. The van der Waals surface area contributed by atoms with Gasteiger partial charge in [-0.25, -0.2) is 9.48 Å². The van der Waals surface area contributed by atoms with Crippen molar-refractivity contribution in [2.75, 3.05) is 13.1 Å². The Labute approximate surface area is 138 Å². The Balaban J connectivity index is 2.03. The Hall–Kier alpha value is -2.51. The maximum Gasteiger partial charge on any atom is 0.406 e. The molecule has 0 aliphatic heterocycles. The molecule has 0 fully saturated rings. The van der Waals surface area contributed by atoms with Crippen LogP contribution in [0.2, 0.25) is 0 Å². The summed E-state index contributed by atoms with van der Waals surface area (Å²) in [5, 5.41) is 6.78. The Kier molecular flexibility index (Phi) is 5.48. The van der Waals surface area contributed by atoms with E-state index in [-0.39, 0.29) is 6.54 Å². The number of aromatic nitrogens is 2. The second-order valence-corrected chi connectivity index (χ2v) is 5.35. The summed E-state index contributed by atoms with van der Waals surface area (Å²) >= 11 is 0. The normalized spacial score (nSPS) is 12.7. The van der Waals surface area contributed by atoms with Crippen molar-refractivity contribution < 1.29 is 18.0 Å². The number of benzene rings is 1. The Bertz CT molecular complexity index is 669. The number of urea groups is 1. The molecule has 1 aromatic carbocycles. The lowest BCUT2D eigenvalue weighted by Gasteiger charge is -2.24. The summed E-state index contributed by atoms with van der Waals surface area (Å²) in [6, 6.07) is 8.17. The second kappa shape index (κ2) is 7.37. The third kappa shape index (κ3) is 4.74. The average Bonchev–Trinajstić information content (AvgIpc) is 3.02. The van der Waals surface area contributed by atoms with Gasteiger partial charge in [-0.15, -0.1) is 0 Å². The Morgan fingerprint density at radius 2 is 2.00 bits per heavy atom. The van der Waals surface area contributed by atoms with E-state index in [0.717, 1.165) is 10.6 Å². The van der Waals surface area contributed by atoms with Crippen molar-refractivity contribution in [2.45, 2.75) is 26.1 Å². The molecule has 0 aliphatic rings. The van der Waals surface area contributed by atoms with Crippen LogP contribution >= 0.6 is 0 Å². The topological polar surface area (TPSA) is 50.2 Å². The van der Waals surface area contributed by atoms with Gasteiger partial charge < -0.3 is 10.2 Å². The molecule has 1 heterocycles. The first-order valence-corrected chi connectivity index (χ1v) is 7.52. The SMILES string of the molecule is CCN(CC(F)(F)F)C(=O)NC(C)c1cnn(-c2ccccc2)c1. The van der Waals surface area contributed by atoms with E-state index in [0.29, 0.717) is 5.56 Å². The molecule has 2 aromatic rings. The Morgan fingerprint density at radius 3 is 2.58 bits per heavy atom. The standard InChI is InChI=1S/C16H19F3N4O/c1-3-22(11-16(17,18)19)15(24)21-12(2)13-9-20-23(10-13)14-7-5-4-6-8-14/h4-10,12H,3,11H2,1-2H3,(H,21,24). The zero-order chi connectivity index (χ0) is 17.7. The third-order valence-electron chi connectivity index (χ3n) is 3.50. The summed E-state index contributed by atoms with van der Waals surface area (Å²) in [5.74, 6) is 0. The van der Waals surface area contributed by atoms with Crippen LogP contribution in [-0.4, -0.2) is 40.0 Å². The molecule has 0 aliphatic carbocycles. The molecular formula is C16H19F3N4O. The third-order valence-corrected chi connectivity index (χ3v) is 3.50. The maximum absolute atomic E-state index is 12.5. The van der Waals surface area contributed by atoms with Crippen molar-refractivity contribution in [1.29, 1.82) is 0 Å². The summed E-state index contributed by atoms with van der Waals surface area (Å²) in [6.07, 6.45) is -1.10. The number of halogens is 3. The first-order valence-electron chi connectivity index (χ1n) is 7.52. The minimum absolute atomic E-state index is 0.0264. The smallest absolute Gasteiger partial charge is 0.331 e. The highest BCUT2D eigenvalue weighted by Gasteiger charge is 2.32. The van der Waals surface area contributed by atoms with Gasteiger partial charge in [-0.05, 0) is 26.0 Å². The summed E-state index contributed by atoms with van der Waals surface area (Å²) < 4.78 is 39.1. The number of carbonyl (C=O) groups excluding carboxylic acids is 1. The first kappa shape index (κ1) is 17.8. The molecular weight excluding hydrogens is 321 g/mol. The number of hydrogen-bond acceptors (Lipinski definition) is 2. The van der Waals surface area contributed by atoms with Crippen LogP contribution in [0.15, 0.2) is 42.7 Å². The number of hydrogen-bond donors (Lipinski definition) is 1. The van der Waals surface area contributed by atoms with E-state index in [1.807, 2.05) is 30.3 Å². The predicted molar refractivity (Wildman–Crippen MR) is 83.8 cm³/mol. The van der Waals surface area contributed by atoms with Crippen LogP contribution in [0.25, 0.3) is 5.69 Å². The molecule has 0 radical (unpaired) electrons. The fourth-order valence-corrected chi connectivity index (χ4v) is 2.19. The number of carbonyl (C=O) groups is 1. The zero-order valence-corrected chi connectivity index (χ0v) is 13.4. The highest BCUT2D eigenvalue weighted by molar-refractivity contribution is 5.74. The zero-order valence-electron chi connectivity index (χ0n) is 13.4. The first-order chi connectivity index (χ1) is 11.3. The van der Waals surface area contributed by atoms with E-state index >= 15 is 0 Å². The number of rotatable bonds is 5. The molecule has 5 nitrogen and oxygen atoms in total. The van der Waals surface area contributed by atoms with E-state index in [9.17, 15) is 18.0 Å². The molecule has 2 rings (SSSR count). The monoisotopic (exact) mass is 340 g/mol. The van der Waals surface area contributed by atoms with Gasteiger partial charge in [-0.3, -0.25) is 0 Å². The van der Waals surface area contributed by atoms with E-state index < -0.39 is 24.8 Å². The van der Waals surface area contributed by atoms with Crippen LogP contribution in [-0.2, 0) is 0 Å². The minimum atomic E-state index is -4.42. The summed E-state index contributed by atoms with van der Waals surface area (Å²) in [7, 11) is 0. The Morgan fingerprint density at radius 1 is 1.33 bits per heavy atom. The van der Waals surface area contributed by atoms with Gasteiger partial charge in [0.1, 0.15) is 6.54 Å². The predicted octanol–water partition coefficient (Wildman–Crippen LogP) is 3.53. The molecule has 0 saturated heterocycles. The van der Waals surface area contributed by atoms with Crippen LogP contribution in [0.1, 0.15) is 25.5 Å². The number of alkyl halides is 3. The van der Waals surface area contributed by atoms with Gasteiger partial charge in [0.05, 0.1) is 17.9 Å². The van der Waals surface area contributed by atoms with Gasteiger partial charge in [0.15, 0.2) is 0 Å². The van der Waals surface area contributed by atoms with Crippen LogP contribution in [0.4, 0.5) is 18.0 Å². The number of nitrogens with one attached hydrogen (secondary N) is 1. The maximum atomic E-state index is 12.5. The number of para-hydroxylation sites is 1. The molecule has 1 aromatic heterocycles. The van der Waals surface area contributed by atoms with E-state index in [1.54, 1.807) is 24.0 Å². The number of nitrogens with zero attached hydrogens (tertiary/aromatic N) is 3. The molecule has 0 saturated carbocycles. The fraction of sp³-hybridized carbons (Fsp3) is 0.375. The van der Waals surface area contributed by atoms with Crippen molar-refractivity contribution >= 4 is 6.03 Å². The van der Waals surface area contributed by atoms with E-state index in [1.165, 1.54) is 6.92 Å². The molecule has 0 spiro atoms. The summed E-state index contributed by atoms with van der Waals surface area (Å²) in [4.78, 5) is 12.7. The highest BCUT2D eigenvalue weighted by atomic mass is 19.4. The quantitative estimate of drug-likeness (QED) is 0.905. The van der Waals surface area contributed by atoms with Gasteiger partial charge in [-0.1, -0.05) is 18.2 Å². The fourth-order valence-electron chi connectivity index (χ4n) is 2.19. The molecule has 130 valence electrons. The molecule has 24 heavy (non-hydrogen) atoms. The summed E-state index contributed by atoms with van der Waals surface area (Å²) in [6.45, 7) is 1.90. The lowest BCUT2D eigenvalue weighted by atomic mass is 10.2. The largest absolute Gasteiger partial charge is 0.406 e. The van der Waals surface area contributed by atoms with E-state index in [2.05, 4.69) is 10.4 Å². The van der Waals surface area contributed by atoms with Crippen LogP contribution in [0.5, 0.6) is 0 Å². The molecule has 1 atom stereocenters. The molecule has 1 N–H and O–H groups in total. The van der Waals surface area contributed by atoms with Crippen LogP contribution < -0.4 is 5.32 Å². The van der Waals surface area contributed by atoms with Crippen LogP contribution in [0, 0.1) is 0 Å². The van der Waals surface area contributed by atoms with Gasteiger partial charge in [0.2, 0.25) is 0 Å². The lowest BCUT2D eigenvalue weighted by Crippen LogP contribution is -2.45. The van der Waals surface area contributed by atoms with Crippen molar-refractivity contribution in [3.8, 4) is 5.69 Å². The van der Waals surface area contributed by atoms with E-state index in [4.69, 9.17) is 0 Å². The van der Waals surface area contributed by atoms with Crippen LogP contribution in [0.3, 0.4) is 0 Å². The van der Waals surface area contributed by atoms with Gasteiger partial charge >= 0.3 is 12.2 Å².